The zero-order valence-electron chi connectivity index (χ0n) is 14.9. The molecule has 0 aromatic heterocycles. The van der Waals surface area contributed by atoms with Crippen LogP contribution >= 0.6 is 0 Å². The van der Waals surface area contributed by atoms with Gasteiger partial charge in [-0.3, -0.25) is 4.79 Å². The Balaban J connectivity index is 1.75. The van der Waals surface area contributed by atoms with Gasteiger partial charge in [0.25, 0.3) is 0 Å². The minimum absolute atomic E-state index is 0.0727. The monoisotopic (exact) mass is 361 g/mol. The third-order valence-corrected chi connectivity index (χ3v) is 4.49. The van der Waals surface area contributed by atoms with Crippen molar-refractivity contribution in [3.63, 3.8) is 0 Å². The average molecular weight is 361 g/mol. The maximum absolute atomic E-state index is 12.8. The first kappa shape index (κ1) is 17.0. The number of anilines is 1. The molecule has 2 N–H and O–H groups in total. The third kappa shape index (κ3) is 3.31. The molecule has 1 aliphatic rings. The number of methoxy groups -OCH3 is 1. The van der Waals surface area contributed by atoms with Crippen molar-refractivity contribution in [1.29, 1.82) is 0 Å². The fourth-order valence-corrected chi connectivity index (χ4v) is 3.09. The summed E-state index contributed by atoms with van der Waals surface area (Å²) in [6, 6.07) is 18.0. The molecule has 0 aliphatic carbocycles. The van der Waals surface area contributed by atoms with E-state index in [1.54, 1.807) is 43.5 Å². The first-order chi connectivity index (χ1) is 13.2. The van der Waals surface area contributed by atoms with Crippen LogP contribution in [-0.4, -0.2) is 26.1 Å². The van der Waals surface area contributed by atoms with Crippen molar-refractivity contribution in [2.24, 2.45) is 0 Å². The highest BCUT2D eigenvalue weighted by Crippen LogP contribution is 2.38. The van der Waals surface area contributed by atoms with Gasteiger partial charge < -0.3 is 19.9 Å². The van der Waals surface area contributed by atoms with Gasteiger partial charge >= 0.3 is 0 Å². The van der Waals surface area contributed by atoms with Gasteiger partial charge in [0, 0.05) is 22.4 Å². The molecule has 0 atom stereocenters. The molecular formula is C22H19NO4. The molecule has 4 rings (SSSR count). The fraction of sp³-hybridized carbons (Fsp3) is 0.136. The summed E-state index contributed by atoms with van der Waals surface area (Å²) in [6.45, 7) is 1.06. The van der Waals surface area contributed by atoms with Crippen LogP contribution in [0.1, 0.15) is 15.9 Å². The van der Waals surface area contributed by atoms with Crippen LogP contribution in [-0.2, 0) is 0 Å². The average Bonchev–Trinajstić information content (AvgIpc) is 2.73. The molecule has 0 saturated heterocycles. The van der Waals surface area contributed by atoms with Gasteiger partial charge in [0.2, 0.25) is 0 Å². The number of nitrogen functional groups attached to an aromatic ring is 1. The number of fused-ring (bicyclic) bond motifs is 1. The highest BCUT2D eigenvalue weighted by Gasteiger charge is 2.17. The van der Waals surface area contributed by atoms with Gasteiger partial charge in [-0.15, -0.1) is 0 Å². The van der Waals surface area contributed by atoms with Crippen molar-refractivity contribution in [3.8, 4) is 28.4 Å². The van der Waals surface area contributed by atoms with Crippen molar-refractivity contribution in [1.82, 2.24) is 0 Å². The van der Waals surface area contributed by atoms with Crippen molar-refractivity contribution in [2.75, 3.05) is 26.1 Å². The standard InChI is InChI=1S/C22H19NO4/c1-25-19-8-5-16(22(24)14-2-6-17(23)7-3-14)12-18(19)15-4-9-20-21(13-15)27-11-10-26-20/h2-9,12-13H,10-11,23H2,1H3. The van der Waals surface area contributed by atoms with E-state index in [9.17, 15) is 4.79 Å². The quantitative estimate of drug-likeness (QED) is 0.563. The van der Waals surface area contributed by atoms with Gasteiger partial charge in [-0.2, -0.15) is 0 Å². The number of carbonyl (C=O) groups excluding carboxylic acids is 1. The zero-order valence-corrected chi connectivity index (χ0v) is 14.9. The minimum Gasteiger partial charge on any atom is -0.496 e. The first-order valence-electron chi connectivity index (χ1n) is 8.64. The molecule has 1 aliphatic heterocycles. The summed E-state index contributed by atoms with van der Waals surface area (Å²) in [5.41, 5.74) is 9.20. The lowest BCUT2D eigenvalue weighted by Gasteiger charge is -2.19. The Bertz CT molecular complexity index is 996. The van der Waals surface area contributed by atoms with Crippen LogP contribution in [0, 0.1) is 0 Å². The predicted molar refractivity (Wildman–Crippen MR) is 104 cm³/mol. The maximum atomic E-state index is 12.8. The van der Waals surface area contributed by atoms with Crippen LogP contribution in [0.25, 0.3) is 11.1 Å². The van der Waals surface area contributed by atoms with E-state index in [0.29, 0.717) is 41.5 Å². The largest absolute Gasteiger partial charge is 0.496 e. The smallest absolute Gasteiger partial charge is 0.193 e. The molecule has 0 radical (unpaired) electrons. The van der Waals surface area contributed by atoms with Crippen LogP contribution in [0.5, 0.6) is 17.2 Å². The Kier molecular flexibility index (Phi) is 4.42. The number of nitrogens with two attached hydrogens (primary N) is 1. The molecule has 5 heteroatoms. The van der Waals surface area contributed by atoms with Crippen molar-refractivity contribution < 1.29 is 19.0 Å². The number of carbonyl (C=O) groups is 1. The molecule has 0 fully saturated rings. The molecule has 0 saturated carbocycles. The van der Waals surface area contributed by atoms with Crippen molar-refractivity contribution in [2.45, 2.75) is 0 Å². The van der Waals surface area contributed by atoms with Gasteiger partial charge in [0.15, 0.2) is 17.3 Å². The first-order valence-corrected chi connectivity index (χ1v) is 8.64. The SMILES string of the molecule is COc1ccc(C(=O)c2ccc(N)cc2)cc1-c1ccc2c(c1)OCCO2. The molecule has 0 spiro atoms. The molecule has 3 aromatic rings. The Morgan fingerprint density at radius 1 is 0.889 bits per heavy atom. The van der Waals surface area contributed by atoms with Gasteiger partial charge in [-0.05, 0) is 60.2 Å². The second-order valence-electron chi connectivity index (χ2n) is 6.22. The van der Waals surface area contributed by atoms with Gasteiger partial charge in [0.1, 0.15) is 19.0 Å². The second kappa shape index (κ2) is 7.03. The Morgan fingerprint density at radius 2 is 1.59 bits per heavy atom. The van der Waals surface area contributed by atoms with Gasteiger partial charge in [-0.25, -0.2) is 0 Å². The summed E-state index contributed by atoms with van der Waals surface area (Å²) in [7, 11) is 1.61. The summed E-state index contributed by atoms with van der Waals surface area (Å²) in [5, 5.41) is 0. The topological polar surface area (TPSA) is 70.8 Å². The van der Waals surface area contributed by atoms with Crippen LogP contribution in [0.4, 0.5) is 5.69 Å². The number of rotatable bonds is 4. The molecule has 136 valence electrons. The molecular weight excluding hydrogens is 342 g/mol. The lowest BCUT2D eigenvalue weighted by Crippen LogP contribution is -2.15. The van der Waals surface area contributed by atoms with E-state index in [4.69, 9.17) is 19.9 Å². The van der Waals surface area contributed by atoms with E-state index >= 15 is 0 Å². The number of benzene rings is 3. The van der Waals surface area contributed by atoms with Crippen LogP contribution in [0.2, 0.25) is 0 Å². The number of hydrogen-bond acceptors (Lipinski definition) is 5. The molecule has 0 unspecified atom stereocenters. The Morgan fingerprint density at radius 3 is 2.33 bits per heavy atom. The van der Waals surface area contributed by atoms with E-state index in [0.717, 1.165) is 16.9 Å². The molecule has 1 heterocycles. The molecule has 3 aromatic carbocycles. The fourth-order valence-electron chi connectivity index (χ4n) is 3.09. The molecule has 27 heavy (non-hydrogen) atoms. The summed E-state index contributed by atoms with van der Waals surface area (Å²) in [6.07, 6.45) is 0. The van der Waals surface area contributed by atoms with E-state index < -0.39 is 0 Å². The number of ketones is 1. The zero-order chi connectivity index (χ0) is 18.8. The third-order valence-electron chi connectivity index (χ3n) is 4.49. The highest BCUT2D eigenvalue weighted by molar-refractivity contribution is 6.09. The molecule has 5 nitrogen and oxygen atoms in total. The minimum atomic E-state index is -0.0727. The van der Waals surface area contributed by atoms with Crippen LogP contribution in [0.15, 0.2) is 60.7 Å². The lowest BCUT2D eigenvalue weighted by atomic mass is 9.97. The lowest BCUT2D eigenvalue weighted by molar-refractivity contribution is 0.103. The number of hydrogen-bond donors (Lipinski definition) is 1. The van der Waals surface area contributed by atoms with Gasteiger partial charge in [-0.1, -0.05) is 6.07 Å². The van der Waals surface area contributed by atoms with Crippen molar-refractivity contribution >= 4 is 11.5 Å². The van der Waals surface area contributed by atoms with E-state index in [1.165, 1.54) is 0 Å². The summed E-state index contributed by atoms with van der Waals surface area (Å²) in [5.74, 6) is 2.02. The van der Waals surface area contributed by atoms with E-state index in [-0.39, 0.29) is 5.78 Å². The summed E-state index contributed by atoms with van der Waals surface area (Å²) < 4.78 is 16.8. The predicted octanol–water partition coefficient (Wildman–Crippen LogP) is 3.95. The normalized spacial score (nSPS) is 12.5. The molecule has 0 amide bonds. The highest BCUT2D eigenvalue weighted by atomic mass is 16.6. The summed E-state index contributed by atoms with van der Waals surface area (Å²) in [4.78, 5) is 12.8. The van der Waals surface area contributed by atoms with E-state index in [1.807, 2.05) is 24.3 Å². The van der Waals surface area contributed by atoms with Crippen molar-refractivity contribution in [3.05, 3.63) is 71.8 Å². The summed E-state index contributed by atoms with van der Waals surface area (Å²) >= 11 is 0. The second-order valence-corrected chi connectivity index (χ2v) is 6.22. The van der Waals surface area contributed by atoms with E-state index in [2.05, 4.69) is 0 Å². The number of ether oxygens (including phenoxy) is 3. The van der Waals surface area contributed by atoms with Crippen LogP contribution in [0.3, 0.4) is 0 Å². The van der Waals surface area contributed by atoms with Crippen LogP contribution < -0.4 is 19.9 Å². The Labute approximate surface area is 157 Å². The Hall–Kier alpha value is -3.47. The maximum Gasteiger partial charge on any atom is 0.193 e. The van der Waals surface area contributed by atoms with Gasteiger partial charge in [0.05, 0.1) is 7.11 Å². The molecule has 0 bridgehead atoms.